The van der Waals surface area contributed by atoms with Crippen molar-refractivity contribution < 1.29 is 9.53 Å². The van der Waals surface area contributed by atoms with Crippen LogP contribution in [0.15, 0.2) is 67.0 Å². The average Bonchev–Trinajstić information content (AvgIpc) is 3.28. The van der Waals surface area contributed by atoms with E-state index in [4.69, 9.17) is 4.74 Å². The molecule has 6 nitrogen and oxygen atoms in total. The number of imidazole rings is 1. The molecule has 0 spiro atoms. The molecule has 2 atom stereocenters. The van der Waals surface area contributed by atoms with Gasteiger partial charge in [-0.25, -0.2) is 4.98 Å². The number of ether oxygens (including phenoxy) is 1. The van der Waals surface area contributed by atoms with Gasteiger partial charge >= 0.3 is 0 Å². The second-order valence-corrected chi connectivity index (χ2v) is 7.54. The van der Waals surface area contributed by atoms with E-state index >= 15 is 0 Å². The zero-order chi connectivity index (χ0) is 20.2. The number of amides is 1. The average molecular weight is 390 g/mol. The van der Waals surface area contributed by atoms with Crippen molar-refractivity contribution in [3.8, 4) is 11.4 Å². The molecule has 1 fully saturated rings. The highest BCUT2D eigenvalue weighted by Crippen LogP contribution is 2.31. The van der Waals surface area contributed by atoms with Crippen molar-refractivity contribution in [3.05, 3.63) is 78.1 Å². The van der Waals surface area contributed by atoms with Crippen molar-refractivity contribution in [1.29, 1.82) is 0 Å². The molecule has 4 rings (SSSR count). The monoisotopic (exact) mass is 390 g/mol. The van der Waals surface area contributed by atoms with Crippen molar-refractivity contribution in [2.75, 3.05) is 33.8 Å². The first kappa shape index (κ1) is 19.4. The van der Waals surface area contributed by atoms with E-state index in [1.54, 1.807) is 12.4 Å². The van der Waals surface area contributed by atoms with Crippen LogP contribution in [0.25, 0.3) is 11.4 Å². The Morgan fingerprint density at radius 3 is 2.76 bits per heavy atom. The summed E-state index contributed by atoms with van der Waals surface area (Å²) >= 11 is 0. The fourth-order valence-corrected chi connectivity index (χ4v) is 3.91. The standard InChI is InChI=1S/C23H26N4O2/c1-26(2)16-20-21(17-7-4-3-5-8-17)27(13-14-29-20)23(28)19-10-6-9-18(15-19)22-24-11-12-25-22/h3-12,15,20-21H,13-14,16H2,1-2H3,(H,24,25)/t20-,21-/m0/s1. The molecule has 0 unspecified atom stereocenters. The summed E-state index contributed by atoms with van der Waals surface area (Å²) in [4.78, 5) is 25.0. The number of likely N-dealkylation sites (N-methyl/N-ethyl adjacent to an activating group) is 1. The summed E-state index contributed by atoms with van der Waals surface area (Å²) in [6.45, 7) is 1.84. The molecular weight excluding hydrogens is 364 g/mol. The van der Waals surface area contributed by atoms with Gasteiger partial charge in [0.25, 0.3) is 5.91 Å². The highest BCUT2D eigenvalue weighted by atomic mass is 16.5. The zero-order valence-corrected chi connectivity index (χ0v) is 16.8. The molecule has 29 heavy (non-hydrogen) atoms. The first-order chi connectivity index (χ1) is 14.1. The minimum Gasteiger partial charge on any atom is -0.373 e. The normalized spacial score (nSPS) is 19.5. The molecule has 150 valence electrons. The SMILES string of the molecule is CN(C)C[C@@H]1OCCN(C(=O)c2cccc(-c3ncc[nH]3)c2)[C@H]1c1ccccc1. The number of benzene rings is 2. The molecule has 1 aromatic heterocycles. The first-order valence-corrected chi connectivity index (χ1v) is 9.85. The van der Waals surface area contributed by atoms with Crippen LogP contribution in [-0.4, -0.2) is 65.6 Å². The Bertz CT molecular complexity index is 941. The number of rotatable bonds is 5. The van der Waals surface area contributed by atoms with E-state index < -0.39 is 0 Å². The number of nitrogens with zero attached hydrogens (tertiary/aromatic N) is 3. The number of H-pyrrole nitrogens is 1. The molecule has 0 radical (unpaired) electrons. The zero-order valence-electron chi connectivity index (χ0n) is 16.8. The van der Waals surface area contributed by atoms with E-state index in [-0.39, 0.29) is 18.1 Å². The number of morpholine rings is 1. The van der Waals surface area contributed by atoms with Gasteiger partial charge in [-0.2, -0.15) is 0 Å². The molecule has 1 amide bonds. The van der Waals surface area contributed by atoms with Gasteiger partial charge < -0.3 is 19.5 Å². The van der Waals surface area contributed by atoms with Crippen LogP contribution >= 0.6 is 0 Å². The molecular formula is C23H26N4O2. The maximum Gasteiger partial charge on any atom is 0.254 e. The number of aromatic nitrogens is 2. The first-order valence-electron chi connectivity index (χ1n) is 9.85. The quantitative estimate of drug-likeness (QED) is 0.727. The largest absolute Gasteiger partial charge is 0.373 e. The Morgan fingerprint density at radius 2 is 2.03 bits per heavy atom. The van der Waals surface area contributed by atoms with Crippen LogP contribution in [0.3, 0.4) is 0 Å². The summed E-state index contributed by atoms with van der Waals surface area (Å²) < 4.78 is 6.10. The third-order valence-electron chi connectivity index (χ3n) is 5.18. The van der Waals surface area contributed by atoms with Gasteiger partial charge in [-0.1, -0.05) is 42.5 Å². The number of hydrogen-bond donors (Lipinski definition) is 1. The summed E-state index contributed by atoms with van der Waals surface area (Å²) in [7, 11) is 4.05. The van der Waals surface area contributed by atoms with E-state index in [9.17, 15) is 4.79 Å². The maximum absolute atomic E-state index is 13.6. The molecule has 1 aliphatic heterocycles. The third kappa shape index (κ3) is 4.23. The van der Waals surface area contributed by atoms with E-state index in [2.05, 4.69) is 27.0 Å². The Balaban J connectivity index is 1.67. The topological polar surface area (TPSA) is 61.5 Å². The summed E-state index contributed by atoms with van der Waals surface area (Å²) in [6, 6.07) is 17.7. The van der Waals surface area contributed by atoms with Crippen LogP contribution < -0.4 is 0 Å². The number of hydrogen-bond acceptors (Lipinski definition) is 4. The second kappa shape index (κ2) is 8.59. The minimum absolute atomic E-state index is 0.0133. The molecule has 1 N–H and O–H groups in total. The molecule has 0 saturated carbocycles. The molecule has 6 heteroatoms. The maximum atomic E-state index is 13.6. The van der Waals surface area contributed by atoms with Gasteiger partial charge in [0.1, 0.15) is 5.82 Å². The van der Waals surface area contributed by atoms with Crippen molar-refractivity contribution >= 4 is 5.91 Å². The van der Waals surface area contributed by atoms with Gasteiger partial charge in [0.05, 0.1) is 18.8 Å². The second-order valence-electron chi connectivity index (χ2n) is 7.54. The van der Waals surface area contributed by atoms with Crippen LogP contribution in [0.4, 0.5) is 0 Å². The molecule has 2 heterocycles. The predicted octanol–water partition coefficient (Wildman–Crippen LogP) is 3.22. The lowest BCUT2D eigenvalue weighted by molar-refractivity contribution is -0.0684. The summed E-state index contributed by atoms with van der Waals surface area (Å²) in [5.74, 6) is 0.769. The fourth-order valence-electron chi connectivity index (χ4n) is 3.91. The van der Waals surface area contributed by atoms with E-state index in [0.29, 0.717) is 18.7 Å². The molecule has 2 aromatic carbocycles. The molecule has 0 aliphatic carbocycles. The lowest BCUT2D eigenvalue weighted by Gasteiger charge is -2.42. The molecule has 3 aromatic rings. The van der Waals surface area contributed by atoms with Crippen molar-refractivity contribution in [1.82, 2.24) is 19.8 Å². The van der Waals surface area contributed by atoms with E-state index in [1.165, 1.54) is 0 Å². The summed E-state index contributed by atoms with van der Waals surface area (Å²) in [6.07, 6.45) is 3.41. The Hall–Kier alpha value is -2.96. The lowest BCUT2D eigenvalue weighted by atomic mass is 9.96. The van der Waals surface area contributed by atoms with Crippen LogP contribution in [0, 0.1) is 0 Å². The van der Waals surface area contributed by atoms with Crippen LogP contribution in [0.5, 0.6) is 0 Å². The minimum atomic E-state index is -0.132. The Kier molecular flexibility index (Phi) is 5.74. The van der Waals surface area contributed by atoms with Gasteiger partial charge in [-0.3, -0.25) is 4.79 Å². The number of aromatic amines is 1. The van der Waals surface area contributed by atoms with Gasteiger partial charge in [0.15, 0.2) is 0 Å². The smallest absolute Gasteiger partial charge is 0.254 e. The Morgan fingerprint density at radius 1 is 1.21 bits per heavy atom. The number of carbonyl (C=O) groups is 1. The van der Waals surface area contributed by atoms with Gasteiger partial charge in [-0.05, 0) is 31.8 Å². The third-order valence-corrected chi connectivity index (χ3v) is 5.18. The van der Waals surface area contributed by atoms with Crippen LogP contribution in [0.1, 0.15) is 22.0 Å². The number of nitrogens with one attached hydrogen (secondary N) is 1. The van der Waals surface area contributed by atoms with Gasteiger partial charge in [0.2, 0.25) is 0 Å². The van der Waals surface area contributed by atoms with Crippen molar-refractivity contribution in [2.45, 2.75) is 12.1 Å². The van der Waals surface area contributed by atoms with Crippen molar-refractivity contribution in [3.63, 3.8) is 0 Å². The van der Waals surface area contributed by atoms with Gasteiger partial charge in [-0.15, -0.1) is 0 Å². The highest BCUT2D eigenvalue weighted by molar-refractivity contribution is 5.95. The van der Waals surface area contributed by atoms with E-state index in [1.807, 2.05) is 61.5 Å². The van der Waals surface area contributed by atoms with Crippen LogP contribution in [-0.2, 0) is 4.74 Å². The fraction of sp³-hybridized carbons (Fsp3) is 0.304. The molecule has 1 saturated heterocycles. The predicted molar refractivity (Wildman–Crippen MR) is 113 cm³/mol. The Labute approximate surface area is 171 Å². The summed E-state index contributed by atoms with van der Waals surface area (Å²) in [5, 5.41) is 0. The molecule has 1 aliphatic rings. The van der Waals surface area contributed by atoms with Crippen LogP contribution in [0.2, 0.25) is 0 Å². The van der Waals surface area contributed by atoms with Crippen molar-refractivity contribution in [2.24, 2.45) is 0 Å². The van der Waals surface area contributed by atoms with Gasteiger partial charge in [0, 0.05) is 36.6 Å². The van der Waals surface area contributed by atoms with E-state index in [0.717, 1.165) is 23.5 Å². The number of carbonyl (C=O) groups excluding carboxylic acids is 1. The lowest BCUT2D eigenvalue weighted by Crippen LogP contribution is -2.51. The summed E-state index contributed by atoms with van der Waals surface area (Å²) in [5.41, 5.74) is 2.65. The highest BCUT2D eigenvalue weighted by Gasteiger charge is 2.37. The molecule has 0 bridgehead atoms.